The molecule has 0 spiro atoms. The zero-order valence-corrected chi connectivity index (χ0v) is 16.3. The van der Waals surface area contributed by atoms with Crippen molar-refractivity contribution in [2.75, 3.05) is 12.0 Å². The number of hydrogen-bond donors (Lipinski definition) is 1. The molecular weight excluding hydrogens is 388 g/mol. The van der Waals surface area contributed by atoms with Crippen molar-refractivity contribution in [3.8, 4) is 11.5 Å². The maximum absolute atomic E-state index is 13.2. The quantitative estimate of drug-likeness (QED) is 0.608. The van der Waals surface area contributed by atoms with E-state index in [4.69, 9.17) is 4.74 Å². The van der Waals surface area contributed by atoms with E-state index >= 15 is 0 Å². The minimum absolute atomic E-state index is 0.00937. The highest BCUT2D eigenvalue weighted by atomic mass is 16.6. The van der Waals surface area contributed by atoms with Gasteiger partial charge >= 0.3 is 0 Å². The van der Waals surface area contributed by atoms with Crippen molar-refractivity contribution in [1.82, 2.24) is 0 Å². The van der Waals surface area contributed by atoms with Gasteiger partial charge in [0.1, 0.15) is 5.69 Å². The fourth-order valence-electron chi connectivity index (χ4n) is 4.28. The van der Waals surface area contributed by atoms with Crippen molar-refractivity contribution in [1.29, 1.82) is 0 Å². The van der Waals surface area contributed by atoms with E-state index in [9.17, 15) is 24.8 Å². The number of aromatic hydroxyl groups is 1. The summed E-state index contributed by atoms with van der Waals surface area (Å²) >= 11 is 0. The van der Waals surface area contributed by atoms with E-state index < -0.39 is 10.8 Å². The van der Waals surface area contributed by atoms with Gasteiger partial charge in [0.25, 0.3) is 5.69 Å². The van der Waals surface area contributed by atoms with Crippen LogP contribution in [0, 0.1) is 10.1 Å². The summed E-state index contributed by atoms with van der Waals surface area (Å²) < 4.78 is 5.18. The van der Waals surface area contributed by atoms with E-state index in [2.05, 4.69) is 0 Å². The molecule has 154 valence electrons. The van der Waals surface area contributed by atoms with Crippen LogP contribution in [0.1, 0.15) is 37.2 Å². The fraction of sp³-hybridized carbons (Fsp3) is 0.273. The molecule has 0 fully saturated rings. The van der Waals surface area contributed by atoms with Crippen LogP contribution in [0.4, 0.5) is 11.4 Å². The predicted molar refractivity (Wildman–Crippen MR) is 108 cm³/mol. The zero-order valence-electron chi connectivity index (χ0n) is 16.3. The lowest BCUT2D eigenvalue weighted by atomic mass is 9.77. The number of nitro benzene ring substituents is 1. The average molecular weight is 408 g/mol. The van der Waals surface area contributed by atoms with Gasteiger partial charge in [-0.15, -0.1) is 0 Å². The number of nitro groups is 1. The van der Waals surface area contributed by atoms with Gasteiger partial charge in [0.15, 0.2) is 17.3 Å². The standard InChI is InChI=1S/C22H20N2O6/c1-30-20-11-13(9-10-18(20)25)14-12-21(27)23(17-7-4-8-19(26)22(14)17)15-5-2-3-6-16(15)24(28)29/h2-3,5-6,9-11,14,25H,4,7-8,12H2,1H3. The van der Waals surface area contributed by atoms with Crippen LogP contribution in [0.3, 0.4) is 0 Å². The number of ether oxygens (including phenoxy) is 1. The summed E-state index contributed by atoms with van der Waals surface area (Å²) in [7, 11) is 1.43. The Kier molecular flexibility index (Phi) is 4.99. The second-order valence-corrected chi connectivity index (χ2v) is 7.30. The van der Waals surface area contributed by atoms with Crippen LogP contribution >= 0.6 is 0 Å². The molecule has 2 aromatic carbocycles. The molecule has 0 saturated heterocycles. The molecule has 8 nitrogen and oxygen atoms in total. The third kappa shape index (κ3) is 3.20. The molecule has 2 aromatic rings. The molecular formula is C22H20N2O6. The Hall–Kier alpha value is -3.68. The molecule has 30 heavy (non-hydrogen) atoms. The SMILES string of the molecule is COc1cc(C2CC(=O)N(c3ccccc3[N+](=O)[O-])C3=C2C(=O)CCC3)ccc1O. The number of nitrogens with zero attached hydrogens (tertiary/aromatic N) is 2. The van der Waals surface area contributed by atoms with Gasteiger partial charge in [-0.05, 0) is 36.6 Å². The van der Waals surface area contributed by atoms with Crippen molar-refractivity contribution in [2.24, 2.45) is 0 Å². The van der Waals surface area contributed by atoms with Gasteiger partial charge in [-0.3, -0.25) is 24.6 Å². The van der Waals surface area contributed by atoms with Gasteiger partial charge in [0.2, 0.25) is 5.91 Å². The summed E-state index contributed by atoms with van der Waals surface area (Å²) in [4.78, 5) is 38.5. The Labute approximate surface area is 172 Å². The first-order chi connectivity index (χ1) is 14.4. The number of phenolic OH excluding ortho intramolecular Hbond substituents is 1. The van der Waals surface area contributed by atoms with Crippen molar-refractivity contribution in [3.05, 3.63) is 69.4 Å². The van der Waals surface area contributed by atoms with E-state index in [1.54, 1.807) is 24.3 Å². The summed E-state index contributed by atoms with van der Waals surface area (Å²) in [6.45, 7) is 0. The van der Waals surface area contributed by atoms with Crippen LogP contribution in [0.25, 0.3) is 0 Å². The Bertz CT molecular complexity index is 1090. The first kappa shape index (κ1) is 19.6. The zero-order chi connectivity index (χ0) is 21.4. The minimum atomic E-state index is -0.523. The smallest absolute Gasteiger partial charge is 0.293 e. The number of phenols is 1. The maximum Gasteiger partial charge on any atom is 0.293 e. The van der Waals surface area contributed by atoms with Crippen molar-refractivity contribution in [3.63, 3.8) is 0 Å². The summed E-state index contributed by atoms with van der Waals surface area (Å²) in [6.07, 6.45) is 1.41. The van der Waals surface area contributed by atoms with Crippen LogP contribution in [-0.2, 0) is 9.59 Å². The molecule has 8 heteroatoms. The fourth-order valence-corrected chi connectivity index (χ4v) is 4.28. The molecule has 0 aromatic heterocycles. The molecule has 1 aliphatic carbocycles. The number of ketones is 1. The first-order valence-electron chi connectivity index (χ1n) is 9.62. The summed E-state index contributed by atoms with van der Waals surface area (Å²) in [6, 6.07) is 10.8. The van der Waals surface area contributed by atoms with Crippen LogP contribution in [0.2, 0.25) is 0 Å². The van der Waals surface area contributed by atoms with E-state index in [0.29, 0.717) is 36.1 Å². The van der Waals surface area contributed by atoms with Crippen LogP contribution in [0.5, 0.6) is 11.5 Å². The number of amides is 1. The number of benzene rings is 2. The van der Waals surface area contributed by atoms with Crippen LogP contribution in [0.15, 0.2) is 53.7 Å². The molecule has 1 unspecified atom stereocenters. The second kappa shape index (κ2) is 7.62. The van der Waals surface area contributed by atoms with Gasteiger partial charge in [-0.1, -0.05) is 18.2 Å². The van der Waals surface area contributed by atoms with Crippen LogP contribution < -0.4 is 9.64 Å². The van der Waals surface area contributed by atoms with E-state index in [1.807, 2.05) is 0 Å². The molecule has 0 saturated carbocycles. The Morgan fingerprint density at radius 2 is 1.93 bits per heavy atom. The lowest BCUT2D eigenvalue weighted by Crippen LogP contribution is -2.40. The third-order valence-corrected chi connectivity index (χ3v) is 5.60. The maximum atomic E-state index is 13.2. The van der Waals surface area contributed by atoms with Gasteiger partial charge in [0.05, 0.1) is 12.0 Å². The largest absolute Gasteiger partial charge is 0.504 e. The number of hydrogen-bond acceptors (Lipinski definition) is 6. The number of allylic oxidation sites excluding steroid dienone is 2. The highest BCUT2D eigenvalue weighted by molar-refractivity contribution is 6.08. The number of anilines is 1. The minimum Gasteiger partial charge on any atom is -0.504 e. The third-order valence-electron chi connectivity index (χ3n) is 5.60. The molecule has 1 aliphatic heterocycles. The molecule has 1 amide bonds. The Morgan fingerprint density at radius 3 is 2.67 bits per heavy atom. The van der Waals surface area contributed by atoms with Crippen LogP contribution in [-0.4, -0.2) is 28.8 Å². The van der Waals surface area contributed by atoms with Gasteiger partial charge < -0.3 is 9.84 Å². The van der Waals surface area contributed by atoms with Gasteiger partial charge in [0, 0.05) is 36.1 Å². The van der Waals surface area contributed by atoms with Crippen molar-refractivity contribution < 1.29 is 24.4 Å². The predicted octanol–water partition coefficient (Wildman–Crippen LogP) is 3.84. The van der Waals surface area contributed by atoms with Gasteiger partial charge in [-0.2, -0.15) is 0 Å². The first-order valence-corrected chi connectivity index (χ1v) is 9.62. The normalized spacial score (nSPS) is 19.0. The number of methoxy groups -OCH3 is 1. The van der Waals surface area contributed by atoms with E-state index in [-0.39, 0.29) is 41.0 Å². The van der Waals surface area contributed by atoms with Crippen molar-refractivity contribution >= 4 is 23.1 Å². The number of carbonyl (C=O) groups excluding carboxylic acids is 2. The van der Waals surface area contributed by atoms with E-state index in [0.717, 1.165) is 0 Å². The molecule has 1 N–H and O–H groups in total. The Balaban J connectivity index is 1.89. The summed E-state index contributed by atoms with van der Waals surface area (Å²) in [5.41, 5.74) is 1.71. The number of rotatable bonds is 4. The highest BCUT2D eigenvalue weighted by Crippen LogP contribution is 2.46. The number of Topliss-reactive ketones (excluding diaryl/α,β-unsaturated/α-hetero) is 1. The van der Waals surface area contributed by atoms with Gasteiger partial charge in [-0.25, -0.2) is 0 Å². The average Bonchev–Trinajstić information content (AvgIpc) is 2.73. The molecule has 0 radical (unpaired) electrons. The monoisotopic (exact) mass is 408 g/mol. The summed E-state index contributed by atoms with van der Waals surface area (Å²) in [5.74, 6) is -0.645. The molecule has 0 bridgehead atoms. The van der Waals surface area contributed by atoms with Crippen molar-refractivity contribution in [2.45, 2.75) is 31.6 Å². The second-order valence-electron chi connectivity index (χ2n) is 7.30. The molecule has 1 heterocycles. The number of carbonyl (C=O) groups is 2. The summed E-state index contributed by atoms with van der Waals surface area (Å²) in [5, 5.41) is 21.4. The Morgan fingerprint density at radius 1 is 1.17 bits per heavy atom. The number of para-hydroxylation sites is 2. The lowest BCUT2D eigenvalue weighted by Gasteiger charge is -2.38. The molecule has 1 atom stereocenters. The lowest BCUT2D eigenvalue weighted by molar-refractivity contribution is -0.384. The topological polar surface area (TPSA) is 110 Å². The highest BCUT2D eigenvalue weighted by Gasteiger charge is 2.41. The molecule has 2 aliphatic rings. The van der Waals surface area contributed by atoms with E-state index in [1.165, 1.54) is 30.2 Å². The molecule has 4 rings (SSSR count).